The maximum atomic E-state index is 12.7. The van der Waals surface area contributed by atoms with Crippen molar-refractivity contribution in [2.45, 2.75) is 225 Å². The highest BCUT2D eigenvalue weighted by molar-refractivity contribution is 7.45. The summed E-state index contributed by atoms with van der Waals surface area (Å²) in [4.78, 5) is 37.6. The molecule has 0 aliphatic rings. The van der Waals surface area contributed by atoms with E-state index >= 15 is 0 Å². The average Bonchev–Trinajstić information content (AvgIpc) is 3.17. The van der Waals surface area contributed by atoms with E-state index < -0.39 is 26.5 Å². The number of hydrogen-bond donors (Lipinski definition) is 0. The molecule has 0 spiro atoms. The molecule has 1 unspecified atom stereocenters. The molecule has 0 radical (unpaired) electrons. The molecule has 10 heteroatoms. The molecule has 0 amide bonds. The fraction of sp³-hybridized carbons (Fsp3) is 0.875. The van der Waals surface area contributed by atoms with Gasteiger partial charge in [0.15, 0.2) is 6.10 Å². The second kappa shape index (κ2) is 40.9. The van der Waals surface area contributed by atoms with Crippen LogP contribution >= 0.6 is 7.82 Å². The van der Waals surface area contributed by atoms with Crippen LogP contribution in [0.2, 0.25) is 0 Å². The van der Waals surface area contributed by atoms with Crippen molar-refractivity contribution in [3.8, 4) is 0 Å². The lowest BCUT2D eigenvalue weighted by Gasteiger charge is -2.28. The Balaban J connectivity index is 4.30. The predicted molar refractivity (Wildman–Crippen MR) is 241 cm³/mol. The number of esters is 2. The number of nitrogens with zero attached hydrogens (tertiary/aromatic N) is 1. The standard InChI is InChI=1S/C48H92NO8P/c1-6-8-10-12-14-16-18-20-22-23-24-25-27-28-30-32-34-36-38-40-47(50)54-44-46(45-56-58(52,53)55-43-42-49(3,4)5)57-48(51)41-39-37-35-33-31-29-26-21-19-17-15-13-11-9-7-2/h20,22,31,33,46H,6-19,21,23-30,32,34-45H2,1-5H3/b22-20+,33-31+/t46-/m1/s1. The first-order chi connectivity index (χ1) is 28.0. The van der Waals surface area contributed by atoms with Crippen molar-refractivity contribution in [2.75, 3.05) is 47.5 Å². The third-order valence-corrected chi connectivity index (χ3v) is 11.4. The maximum absolute atomic E-state index is 12.7. The highest BCUT2D eigenvalue weighted by atomic mass is 31.2. The Kier molecular flexibility index (Phi) is 39.8. The fourth-order valence-electron chi connectivity index (χ4n) is 6.64. The summed E-state index contributed by atoms with van der Waals surface area (Å²) in [6.45, 7) is 4.22. The van der Waals surface area contributed by atoms with Gasteiger partial charge in [0.05, 0.1) is 27.7 Å². The molecule has 0 saturated heterocycles. The normalized spacial score (nSPS) is 13.7. The second-order valence-electron chi connectivity index (χ2n) is 17.5. The van der Waals surface area contributed by atoms with Gasteiger partial charge in [0.25, 0.3) is 7.82 Å². The zero-order valence-electron chi connectivity index (χ0n) is 38.5. The number of unbranched alkanes of at least 4 members (excludes halogenated alkanes) is 26. The summed E-state index contributed by atoms with van der Waals surface area (Å²) in [5.74, 6) is -0.855. The number of carbonyl (C=O) groups is 2. The van der Waals surface area contributed by atoms with Crippen LogP contribution in [0, 0.1) is 0 Å². The molecule has 0 aromatic carbocycles. The quantitative estimate of drug-likeness (QED) is 0.0196. The molecule has 0 bridgehead atoms. The minimum atomic E-state index is -4.63. The van der Waals surface area contributed by atoms with Crippen LogP contribution in [0.1, 0.15) is 219 Å². The number of allylic oxidation sites excluding steroid dienone is 4. The highest BCUT2D eigenvalue weighted by Gasteiger charge is 2.21. The van der Waals surface area contributed by atoms with Gasteiger partial charge in [-0.25, -0.2) is 0 Å². The van der Waals surface area contributed by atoms with Gasteiger partial charge < -0.3 is 27.9 Å². The minimum Gasteiger partial charge on any atom is -0.756 e. The van der Waals surface area contributed by atoms with Crippen molar-refractivity contribution < 1.29 is 42.1 Å². The number of phosphoric ester groups is 1. The van der Waals surface area contributed by atoms with Gasteiger partial charge in [-0.1, -0.05) is 167 Å². The van der Waals surface area contributed by atoms with Gasteiger partial charge in [0.1, 0.15) is 19.8 Å². The predicted octanol–water partition coefficient (Wildman–Crippen LogP) is 13.3. The first kappa shape index (κ1) is 56.5. The molecule has 9 nitrogen and oxygen atoms in total. The molecule has 0 saturated carbocycles. The Labute approximate surface area is 358 Å². The Morgan fingerprint density at radius 2 is 0.879 bits per heavy atom. The summed E-state index contributed by atoms with van der Waals surface area (Å²) in [6, 6.07) is 0. The van der Waals surface area contributed by atoms with Crippen LogP contribution in [0.4, 0.5) is 0 Å². The molecule has 2 atom stereocenters. The van der Waals surface area contributed by atoms with Gasteiger partial charge in [-0.2, -0.15) is 0 Å². The lowest BCUT2D eigenvalue weighted by Crippen LogP contribution is -2.37. The number of phosphoric acid groups is 1. The van der Waals surface area contributed by atoms with E-state index in [1.54, 1.807) is 0 Å². The monoisotopic (exact) mass is 842 g/mol. The van der Waals surface area contributed by atoms with Gasteiger partial charge in [-0.15, -0.1) is 0 Å². The zero-order valence-corrected chi connectivity index (χ0v) is 39.4. The van der Waals surface area contributed by atoms with Crippen LogP contribution < -0.4 is 4.89 Å². The zero-order chi connectivity index (χ0) is 42.8. The molecule has 0 heterocycles. The minimum absolute atomic E-state index is 0.0331. The number of carbonyl (C=O) groups excluding carboxylic acids is 2. The summed E-state index contributed by atoms with van der Waals surface area (Å²) in [5, 5.41) is 0. The van der Waals surface area contributed by atoms with E-state index in [9.17, 15) is 19.0 Å². The van der Waals surface area contributed by atoms with E-state index in [1.165, 1.54) is 148 Å². The van der Waals surface area contributed by atoms with E-state index in [0.717, 1.165) is 38.5 Å². The van der Waals surface area contributed by atoms with E-state index in [1.807, 2.05) is 21.1 Å². The maximum Gasteiger partial charge on any atom is 0.306 e. The summed E-state index contributed by atoms with van der Waals surface area (Å²) in [5.41, 5.74) is 0. The first-order valence-corrected chi connectivity index (χ1v) is 25.5. The van der Waals surface area contributed by atoms with Gasteiger partial charge >= 0.3 is 11.9 Å². The lowest BCUT2D eigenvalue weighted by atomic mass is 10.1. The van der Waals surface area contributed by atoms with E-state index in [0.29, 0.717) is 17.4 Å². The second-order valence-corrected chi connectivity index (χ2v) is 18.9. The first-order valence-electron chi connectivity index (χ1n) is 24.0. The SMILES string of the molecule is CCCCCCCC/C=C/CCCCCCCCCCCC(=O)OC[C@H](COP(=O)([O-])OCC[N+](C)(C)C)OC(=O)CCCC/C=C/CCCCCCCCCCC. The van der Waals surface area contributed by atoms with Gasteiger partial charge in [0.2, 0.25) is 0 Å². The van der Waals surface area contributed by atoms with Gasteiger partial charge in [0, 0.05) is 12.8 Å². The number of ether oxygens (including phenoxy) is 2. The summed E-state index contributed by atoms with van der Waals surface area (Å²) >= 11 is 0. The van der Waals surface area contributed by atoms with Crippen LogP contribution in [0.3, 0.4) is 0 Å². The van der Waals surface area contributed by atoms with Crippen LogP contribution in [-0.4, -0.2) is 70.0 Å². The van der Waals surface area contributed by atoms with Crippen LogP contribution in [0.5, 0.6) is 0 Å². The van der Waals surface area contributed by atoms with E-state index in [4.69, 9.17) is 18.5 Å². The third-order valence-electron chi connectivity index (χ3n) is 10.4. The summed E-state index contributed by atoms with van der Waals surface area (Å²) in [6.07, 6.45) is 44.9. The summed E-state index contributed by atoms with van der Waals surface area (Å²) < 4.78 is 33.9. The largest absolute Gasteiger partial charge is 0.756 e. The molecule has 0 aromatic rings. The molecule has 0 aliphatic carbocycles. The van der Waals surface area contributed by atoms with Crippen molar-refractivity contribution in [3.05, 3.63) is 24.3 Å². The Hall–Kier alpha value is -1.51. The van der Waals surface area contributed by atoms with Gasteiger partial charge in [-0.3, -0.25) is 14.2 Å². The Morgan fingerprint density at radius 1 is 0.517 bits per heavy atom. The van der Waals surface area contributed by atoms with Crippen molar-refractivity contribution in [3.63, 3.8) is 0 Å². The molecule has 0 fully saturated rings. The Bertz CT molecular complexity index is 1040. The van der Waals surface area contributed by atoms with Crippen LogP contribution in [0.25, 0.3) is 0 Å². The topological polar surface area (TPSA) is 111 Å². The molecule has 58 heavy (non-hydrogen) atoms. The molecule has 0 aromatic heterocycles. The van der Waals surface area contributed by atoms with Crippen molar-refractivity contribution in [2.24, 2.45) is 0 Å². The van der Waals surface area contributed by atoms with Crippen LogP contribution in [0.15, 0.2) is 24.3 Å². The molecule has 0 N–H and O–H groups in total. The van der Waals surface area contributed by atoms with E-state index in [2.05, 4.69) is 38.2 Å². The molecular weight excluding hydrogens is 750 g/mol. The molecular formula is C48H92NO8P. The number of hydrogen-bond acceptors (Lipinski definition) is 8. The number of rotatable bonds is 44. The number of quaternary nitrogens is 1. The summed E-state index contributed by atoms with van der Waals surface area (Å²) in [7, 11) is 1.16. The number of likely N-dealkylation sites (N-methyl/N-ethyl adjacent to an activating group) is 1. The third kappa shape index (κ3) is 44.1. The fourth-order valence-corrected chi connectivity index (χ4v) is 7.37. The Morgan fingerprint density at radius 3 is 1.31 bits per heavy atom. The molecule has 0 rings (SSSR count). The smallest absolute Gasteiger partial charge is 0.306 e. The molecule has 0 aliphatic heterocycles. The van der Waals surface area contributed by atoms with E-state index in [-0.39, 0.29) is 32.0 Å². The molecule has 342 valence electrons. The average molecular weight is 842 g/mol. The highest BCUT2D eigenvalue weighted by Crippen LogP contribution is 2.38. The van der Waals surface area contributed by atoms with Crippen molar-refractivity contribution in [1.29, 1.82) is 0 Å². The van der Waals surface area contributed by atoms with Crippen LogP contribution in [-0.2, 0) is 32.7 Å². The van der Waals surface area contributed by atoms with Crippen molar-refractivity contribution >= 4 is 19.8 Å². The van der Waals surface area contributed by atoms with Gasteiger partial charge in [-0.05, 0) is 64.2 Å². The van der Waals surface area contributed by atoms with Crippen molar-refractivity contribution in [1.82, 2.24) is 0 Å². The lowest BCUT2D eigenvalue weighted by molar-refractivity contribution is -0.870.